The molecule has 1 aliphatic rings. The van der Waals surface area contributed by atoms with Crippen molar-refractivity contribution in [3.05, 3.63) is 52.1 Å². The Morgan fingerprint density at radius 3 is 2.65 bits per heavy atom. The number of nitrogens with zero attached hydrogens (tertiary/aromatic N) is 3. The second-order valence-electron chi connectivity index (χ2n) is 6.72. The molecule has 1 aromatic heterocycles. The summed E-state index contributed by atoms with van der Waals surface area (Å²) in [6.45, 7) is 3.60. The molecule has 5 nitrogen and oxygen atoms in total. The first-order valence-corrected chi connectivity index (χ1v) is 9.56. The highest BCUT2D eigenvalue weighted by molar-refractivity contribution is 6.30. The first kappa shape index (κ1) is 18.9. The zero-order chi connectivity index (χ0) is 18.5. The lowest BCUT2D eigenvalue weighted by molar-refractivity contribution is -0.126. The van der Waals surface area contributed by atoms with Gasteiger partial charge in [-0.3, -0.25) is 4.79 Å². The Kier molecular flexibility index (Phi) is 6.33. The summed E-state index contributed by atoms with van der Waals surface area (Å²) in [5, 5.41) is 12.2. The molecule has 1 N–H and O–H groups in total. The molecule has 2 heterocycles. The molecule has 26 heavy (non-hydrogen) atoms. The van der Waals surface area contributed by atoms with Crippen molar-refractivity contribution in [2.24, 2.45) is 5.92 Å². The number of nitrogens with one attached hydrogen (secondary N) is 1. The third-order valence-electron chi connectivity index (χ3n) is 4.63. The van der Waals surface area contributed by atoms with Crippen LogP contribution in [0.5, 0.6) is 0 Å². The van der Waals surface area contributed by atoms with Crippen LogP contribution in [-0.2, 0) is 11.2 Å². The molecule has 1 aliphatic heterocycles. The van der Waals surface area contributed by atoms with Gasteiger partial charge in [0.25, 0.3) is 0 Å². The summed E-state index contributed by atoms with van der Waals surface area (Å²) < 4.78 is 0. The predicted molar refractivity (Wildman–Crippen MR) is 105 cm³/mol. The molecule has 3 rings (SSSR count). The lowest BCUT2D eigenvalue weighted by atomic mass is 9.95. The summed E-state index contributed by atoms with van der Waals surface area (Å²) >= 11 is 11.8. The van der Waals surface area contributed by atoms with Crippen LogP contribution >= 0.6 is 23.2 Å². The molecule has 1 fully saturated rings. The highest BCUT2D eigenvalue weighted by atomic mass is 35.5. The molecule has 1 amide bonds. The van der Waals surface area contributed by atoms with Gasteiger partial charge < -0.3 is 10.2 Å². The SMILES string of the molecule is C[C@H](Cc1cccc(Cl)c1)NC(=O)C1CCN(c2ccc(Cl)nn2)CC1. The van der Waals surface area contributed by atoms with E-state index < -0.39 is 0 Å². The second kappa shape index (κ2) is 8.69. The fourth-order valence-corrected chi connectivity index (χ4v) is 3.59. The summed E-state index contributed by atoms with van der Waals surface area (Å²) in [4.78, 5) is 14.7. The van der Waals surface area contributed by atoms with E-state index in [0.29, 0.717) is 5.15 Å². The van der Waals surface area contributed by atoms with Gasteiger partial charge in [0.1, 0.15) is 0 Å². The van der Waals surface area contributed by atoms with Gasteiger partial charge in [-0.2, -0.15) is 0 Å². The zero-order valence-electron chi connectivity index (χ0n) is 14.7. The van der Waals surface area contributed by atoms with E-state index in [9.17, 15) is 4.79 Å². The number of piperidine rings is 1. The van der Waals surface area contributed by atoms with Crippen molar-refractivity contribution < 1.29 is 4.79 Å². The van der Waals surface area contributed by atoms with Crippen LogP contribution < -0.4 is 10.2 Å². The van der Waals surface area contributed by atoms with Crippen LogP contribution in [0.2, 0.25) is 10.2 Å². The fourth-order valence-electron chi connectivity index (χ4n) is 3.28. The molecule has 0 bridgehead atoms. The molecule has 0 aliphatic carbocycles. The molecular formula is C19H22Cl2N4O. The van der Waals surface area contributed by atoms with E-state index >= 15 is 0 Å². The molecule has 1 atom stereocenters. The molecule has 7 heteroatoms. The maximum Gasteiger partial charge on any atom is 0.223 e. The number of rotatable bonds is 5. The summed E-state index contributed by atoms with van der Waals surface area (Å²) in [5.74, 6) is 0.970. The highest BCUT2D eigenvalue weighted by Gasteiger charge is 2.26. The monoisotopic (exact) mass is 392 g/mol. The van der Waals surface area contributed by atoms with Crippen molar-refractivity contribution in [2.45, 2.75) is 32.2 Å². The third-order valence-corrected chi connectivity index (χ3v) is 5.06. The van der Waals surface area contributed by atoms with Crippen molar-refractivity contribution >= 4 is 34.9 Å². The average molecular weight is 393 g/mol. The Balaban J connectivity index is 1.48. The molecular weight excluding hydrogens is 371 g/mol. The maximum atomic E-state index is 12.6. The first-order chi connectivity index (χ1) is 12.5. The maximum absolute atomic E-state index is 12.6. The Morgan fingerprint density at radius 2 is 2.00 bits per heavy atom. The van der Waals surface area contributed by atoms with Crippen molar-refractivity contribution in [3.8, 4) is 0 Å². The minimum Gasteiger partial charge on any atom is -0.355 e. The van der Waals surface area contributed by atoms with E-state index in [4.69, 9.17) is 23.2 Å². The molecule has 1 aromatic carbocycles. The topological polar surface area (TPSA) is 58.1 Å². The summed E-state index contributed by atoms with van der Waals surface area (Å²) in [7, 11) is 0. The quantitative estimate of drug-likeness (QED) is 0.841. The number of hydrogen-bond acceptors (Lipinski definition) is 4. The van der Waals surface area contributed by atoms with Crippen LogP contribution in [0.1, 0.15) is 25.3 Å². The van der Waals surface area contributed by atoms with Crippen molar-refractivity contribution in [2.75, 3.05) is 18.0 Å². The number of carbonyl (C=O) groups is 1. The van der Waals surface area contributed by atoms with Gasteiger partial charge in [0.05, 0.1) is 0 Å². The molecule has 0 spiro atoms. The molecule has 0 saturated carbocycles. The Hall–Kier alpha value is -1.85. The molecule has 138 valence electrons. The minimum atomic E-state index is 0.0355. The Morgan fingerprint density at radius 1 is 1.23 bits per heavy atom. The van der Waals surface area contributed by atoms with E-state index in [-0.39, 0.29) is 17.9 Å². The average Bonchev–Trinajstić information content (AvgIpc) is 2.62. The number of carbonyl (C=O) groups excluding carboxylic acids is 1. The van der Waals surface area contributed by atoms with E-state index in [1.165, 1.54) is 0 Å². The zero-order valence-corrected chi connectivity index (χ0v) is 16.2. The fraction of sp³-hybridized carbons (Fsp3) is 0.421. The number of aromatic nitrogens is 2. The van der Waals surface area contributed by atoms with Crippen molar-refractivity contribution in [1.82, 2.24) is 15.5 Å². The highest BCUT2D eigenvalue weighted by Crippen LogP contribution is 2.22. The second-order valence-corrected chi connectivity index (χ2v) is 7.54. The van der Waals surface area contributed by atoms with Crippen LogP contribution in [0.3, 0.4) is 0 Å². The summed E-state index contributed by atoms with van der Waals surface area (Å²) in [6, 6.07) is 11.4. The number of benzene rings is 1. The van der Waals surface area contributed by atoms with Gasteiger partial charge in [0, 0.05) is 30.1 Å². The number of amides is 1. The van der Waals surface area contributed by atoms with Crippen LogP contribution in [0.25, 0.3) is 0 Å². The van der Waals surface area contributed by atoms with Gasteiger partial charge in [-0.25, -0.2) is 0 Å². The van der Waals surface area contributed by atoms with Gasteiger partial charge in [0.15, 0.2) is 11.0 Å². The van der Waals surface area contributed by atoms with E-state index in [2.05, 4.69) is 20.4 Å². The van der Waals surface area contributed by atoms with Crippen molar-refractivity contribution in [1.29, 1.82) is 0 Å². The van der Waals surface area contributed by atoms with Crippen molar-refractivity contribution in [3.63, 3.8) is 0 Å². The standard InChI is InChI=1S/C19H22Cl2N4O/c1-13(11-14-3-2-4-16(20)12-14)22-19(26)15-7-9-25(10-8-15)18-6-5-17(21)23-24-18/h2-6,12-13,15H,7-11H2,1H3,(H,22,26)/t13-/m1/s1. The van der Waals surface area contributed by atoms with Gasteiger partial charge >= 0.3 is 0 Å². The first-order valence-electron chi connectivity index (χ1n) is 8.80. The number of anilines is 1. The summed E-state index contributed by atoms with van der Waals surface area (Å²) in [5.41, 5.74) is 1.13. The molecule has 1 saturated heterocycles. The third kappa shape index (κ3) is 5.08. The Bertz CT molecular complexity index is 745. The number of halogens is 2. The van der Waals surface area contributed by atoms with E-state index in [1.54, 1.807) is 6.07 Å². The van der Waals surface area contributed by atoms with Gasteiger partial charge in [0.2, 0.25) is 5.91 Å². The van der Waals surface area contributed by atoms with Crippen LogP contribution in [0.4, 0.5) is 5.82 Å². The molecule has 2 aromatic rings. The van der Waals surface area contributed by atoms with Gasteiger partial charge in [-0.15, -0.1) is 10.2 Å². The molecule has 0 unspecified atom stereocenters. The van der Waals surface area contributed by atoms with Crippen LogP contribution in [0, 0.1) is 5.92 Å². The number of hydrogen-bond donors (Lipinski definition) is 1. The van der Waals surface area contributed by atoms with Crippen LogP contribution in [0.15, 0.2) is 36.4 Å². The molecule has 0 radical (unpaired) electrons. The van der Waals surface area contributed by atoms with Gasteiger partial charge in [-0.05, 0) is 56.0 Å². The summed E-state index contributed by atoms with van der Waals surface area (Å²) in [6.07, 6.45) is 2.38. The minimum absolute atomic E-state index is 0.0355. The van der Waals surface area contributed by atoms with E-state index in [1.807, 2.05) is 37.3 Å². The smallest absolute Gasteiger partial charge is 0.223 e. The lowest BCUT2D eigenvalue weighted by Crippen LogP contribution is -2.43. The van der Waals surface area contributed by atoms with E-state index in [0.717, 1.165) is 48.8 Å². The van der Waals surface area contributed by atoms with Crippen LogP contribution in [-0.4, -0.2) is 35.2 Å². The largest absolute Gasteiger partial charge is 0.355 e. The predicted octanol–water partition coefficient (Wildman–Crippen LogP) is 3.75. The van der Waals surface area contributed by atoms with Gasteiger partial charge in [-0.1, -0.05) is 35.3 Å². The lowest BCUT2D eigenvalue weighted by Gasteiger charge is -2.32. The normalized spacial score (nSPS) is 16.3. The Labute approximate surface area is 163 Å².